The summed E-state index contributed by atoms with van der Waals surface area (Å²) in [5.41, 5.74) is 0. The fourth-order valence-electron chi connectivity index (χ4n) is 3.95. The monoisotopic (exact) mass is 448 g/mol. The van der Waals surface area contributed by atoms with Gasteiger partial charge < -0.3 is 19.6 Å². The van der Waals surface area contributed by atoms with E-state index in [0.29, 0.717) is 26.1 Å². The van der Waals surface area contributed by atoms with E-state index in [4.69, 9.17) is 0 Å². The van der Waals surface area contributed by atoms with Crippen LogP contribution in [0.3, 0.4) is 0 Å². The molecule has 2 aliphatic rings. The van der Waals surface area contributed by atoms with Crippen molar-refractivity contribution >= 4 is 39.6 Å². The van der Waals surface area contributed by atoms with Crippen molar-refractivity contribution < 1.29 is 9.59 Å². The SMILES string of the molecule is CN(C)CCCN1CC(C(=O)N2CCN(c3nnc(-c4cccs4)s3)CC2)CC1=O. The van der Waals surface area contributed by atoms with Crippen LogP contribution < -0.4 is 4.90 Å². The molecule has 2 amide bonds. The lowest BCUT2D eigenvalue weighted by Gasteiger charge is -2.35. The number of hydrogen-bond donors (Lipinski definition) is 0. The first-order valence-electron chi connectivity index (χ1n) is 10.3. The van der Waals surface area contributed by atoms with E-state index in [1.54, 1.807) is 22.7 Å². The Kier molecular flexibility index (Phi) is 6.64. The number of amides is 2. The molecule has 0 N–H and O–H groups in total. The van der Waals surface area contributed by atoms with Gasteiger partial charge in [0.15, 0.2) is 5.01 Å². The number of carbonyl (C=O) groups is 2. The Morgan fingerprint density at radius 3 is 2.73 bits per heavy atom. The summed E-state index contributed by atoms with van der Waals surface area (Å²) < 4.78 is 0. The van der Waals surface area contributed by atoms with Crippen molar-refractivity contribution in [3.05, 3.63) is 17.5 Å². The zero-order chi connectivity index (χ0) is 21.1. The number of rotatable bonds is 7. The first kappa shape index (κ1) is 21.2. The maximum absolute atomic E-state index is 13.0. The first-order chi connectivity index (χ1) is 14.5. The predicted molar refractivity (Wildman–Crippen MR) is 120 cm³/mol. The summed E-state index contributed by atoms with van der Waals surface area (Å²) in [6.07, 6.45) is 1.29. The Morgan fingerprint density at radius 2 is 2.03 bits per heavy atom. The van der Waals surface area contributed by atoms with Gasteiger partial charge in [0.25, 0.3) is 0 Å². The Morgan fingerprint density at radius 1 is 1.23 bits per heavy atom. The number of thiophene rings is 1. The molecule has 1 atom stereocenters. The minimum absolute atomic E-state index is 0.112. The van der Waals surface area contributed by atoms with Crippen molar-refractivity contribution in [1.29, 1.82) is 0 Å². The van der Waals surface area contributed by atoms with Gasteiger partial charge in [0.2, 0.25) is 16.9 Å². The van der Waals surface area contributed by atoms with Crippen LogP contribution in [0.15, 0.2) is 17.5 Å². The molecule has 8 nitrogen and oxygen atoms in total. The van der Waals surface area contributed by atoms with Gasteiger partial charge in [-0.15, -0.1) is 21.5 Å². The van der Waals surface area contributed by atoms with Crippen LogP contribution in [0.4, 0.5) is 5.13 Å². The van der Waals surface area contributed by atoms with E-state index in [-0.39, 0.29) is 17.7 Å². The molecule has 1 unspecified atom stereocenters. The van der Waals surface area contributed by atoms with E-state index in [2.05, 4.69) is 26.1 Å². The van der Waals surface area contributed by atoms with Gasteiger partial charge in [-0.2, -0.15) is 0 Å². The molecule has 4 heterocycles. The number of likely N-dealkylation sites (tertiary alicyclic amines) is 1. The van der Waals surface area contributed by atoms with Crippen molar-refractivity contribution in [3.8, 4) is 9.88 Å². The van der Waals surface area contributed by atoms with Gasteiger partial charge in [-0.05, 0) is 38.5 Å². The summed E-state index contributed by atoms with van der Waals surface area (Å²) in [7, 11) is 4.06. The number of anilines is 1. The lowest BCUT2D eigenvalue weighted by Crippen LogP contribution is -2.50. The van der Waals surface area contributed by atoms with E-state index in [0.717, 1.165) is 47.6 Å². The van der Waals surface area contributed by atoms with Gasteiger partial charge >= 0.3 is 0 Å². The van der Waals surface area contributed by atoms with Gasteiger partial charge in [-0.25, -0.2) is 0 Å². The fourth-order valence-corrected chi connectivity index (χ4v) is 5.64. The highest BCUT2D eigenvalue weighted by molar-refractivity contribution is 7.22. The van der Waals surface area contributed by atoms with Crippen LogP contribution in [-0.2, 0) is 9.59 Å². The minimum atomic E-state index is -0.199. The molecule has 2 aromatic rings. The van der Waals surface area contributed by atoms with Crippen LogP contribution in [0.5, 0.6) is 0 Å². The normalized spacial score (nSPS) is 19.9. The number of piperazine rings is 1. The summed E-state index contributed by atoms with van der Waals surface area (Å²) in [6.45, 7) is 5.07. The maximum Gasteiger partial charge on any atom is 0.228 e. The van der Waals surface area contributed by atoms with E-state index in [9.17, 15) is 9.59 Å². The van der Waals surface area contributed by atoms with Gasteiger partial charge in [-0.1, -0.05) is 17.4 Å². The molecule has 2 aliphatic heterocycles. The van der Waals surface area contributed by atoms with Gasteiger partial charge in [-0.3, -0.25) is 9.59 Å². The van der Waals surface area contributed by atoms with E-state index >= 15 is 0 Å². The van der Waals surface area contributed by atoms with Crippen molar-refractivity contribution in [2.75, 3.05) is 64.8 Å². The molecular weight excluding hydrogens is 420 g/mol. The number of aromatic nitrogens is 2. The molecule has 0 radical (unpaired) electrons. The summed E-state index contributed by atoms with van der Waals surface area (Å²) >= 11 is 3.26. The van der Waals surface area contributed by atoms with E-state index in [1.165, 1.54) is 0 Å². The molecule has 2 aromatic heterocycles. The quantitative estimate of drug-likeness (QED) is 0.642. The molecule has 162 valence electrons. The molecule has 0 aliphatic carbocycles. The van der Waals surface area contributed by atoms with Crippen molar-refractivity contribution in [2.45, 2.75) is 12.8 Å². The first-order valence-corrected chi connectivity index (χ1v) is 12.0. The highest BCUT2D eigenvalue weighted by Crippen LogP contribution is 2.32. The van der Waals surface area contributed by atoms with Crippen LogP contribution in [0.2, 0.25) is 0 Å². The third kappa shape index (κ3) is 4.81. The zero-order valence-electron chi connectivity index (χ0n) is 17.5. The Hall–Kier alpha value is -2.04. The smallest absolute Gasteiger partial charge is 0.228 e. The summed E-state index contributed by atoms with van der Waals surface area (Å²) in [4.78, 5) is 34.5. The lowest BCUT2D eigenvalue weighted by atomic mass is 10.1. The summed E-state index contributed by atoms with van der Waals surface area (Å²) in [5, 5.41) is 12.6. The fraction of sp³-hybridized carbons (Fsp3) is 0.600. The van der Waals surface area contributed by atoms with E-state index < -0.39 is 0 Å². The highest BCUT2D eigenvalue weighted by Gasteiger charge is 2.37. The summed E-state index contributed by atoms with van der Waals surface area (Å²) in [6, 6.07) is 4.07. The Bertz CT molecular complexity index is 861. The Labute approximate surface area is 185 Å². The topological polar surface area (TPSA) is 72.9 Å². The minimum Gasteiger partial charge on any atom is -0.343 e. The van der Waals surface area contributed by atoms with Crippen LogP contribution >= 0.6 is 22.7 Å². The highest BCUT2D eigenvalue weighted by atomic mass is 32.1. The van der Waals surface area contributed by atoms with E-state index in [1.807, 2.05) is 35.3 Å². The average molecular weight is 449 g/mol. The molecule has 2 saturated heterocycles. The van der Waals surface area contributed by atoms with Crippen molar-refractivity contribution in [2.24, 2.45) is 5.92 Å². The second kappa shape index (κ2) is 9.40. The Balaban J connectivity index is 1.27. The van der Waals surface area contributed by atoms with Crippen LogP contribution in [0.1, 0.15) is 12.8 Å². The van der Waals surface area contributed by atoms with Crippen LogP contribution in [0, 0.1) is 5.92 Å². The zero-order valence-corrected chi connectivity index (χ0v) is 19.1. The number of hydrogen-bond acceptors (Lipinski definition) is 8. The summed E-state index contributed by atoms with van der Waals surface area (Å²) in [5.74, 6) is 0.0331. The molecule has 0 saturated carbocycles. The molecule has 2 fully saturated rings. The van der Waals surface area contributed by atoms with Crippen LogP contribution in [0.25, 0.3) is 9.88 Å². The predicted octanol–water partition coefficient (Wildman–Crippen LogP) is 1.72. The van der Waals surface area contributed by atoms with Crippen molar-refractivity contribution in [3.63, 3.8) is 0 Å². The third-order valence-corrected chi connectivity index (χ3v) is 7.63. The molecule has 0 bridgehead atoms. The molecule has 4 rings (SSSR count). The standard InChI is InChI=1S/C20H28N6O2S2/c1-23(2)6-4-7-26-14-15(13-17(26)27)19(28)24-8-10-25(11-9-24)20-22-21-18(30-20)16-5-3-12-29-16/h3,5,12,15H,4,6-11,13-14H2,1-2H3. The van der Waals surface area contributed by atoms with Gasteiger partial charge in [0.05, 0.1) is 10.8 Å². The third-order valence-electron chi connectivity index (χ3n) is 5.61. The van der Waals surface area contributed by atoms with Crippen molar-refractivity contribution in [1.82, 2.24) is 24.9 Å². The molecule has 0 aromatic carbocycles. The number of carbonyl (C=O) groups excluding carboxylic acids is 2. The second-order valence-corrected chi connectivity index (χ2v) is 9.98. The largest absolute Gasteiger partial charge is 0.343 e. The van der Waals surface area contributed by atoms with Gasteiger partial charge in [0, 0.05) is 45.7 Å². The molecule has 10 heteroatoms. The molecular formula is C20H28N6O2S2. The average Bonchev–Trinajstić information content (AvgIpc) is 3.48. The maximum atomic E-state index is 13.0. The van der Waals surface area contributed by atoms with Crippen LogP contribution in [-0.4, -0.2) is 96.6 Å². The van der Waals surface area contributed by atoms with Gasteiger partial charge in [0.1, 0.15) is 0 Å². The number of nitrogens with zero attached hydrogens (tertiary/aromatic N) is 6. The molecule has 30 heavy (non-hydrogen) atoms. The molecule has 0 spiro atoms. The lowest BCUT2D eigenvalue weighted by molar-refractivity contribution is -0.136. The second-order valence-electron chi connectivity index (χ2n) is 8.08.